The molecule has 3 heterocycles. The number of aryl methyl sites for hydroxylation is 1. The number of carbonyl (C=O) groups is 1. The van der Waals surface area contributed by atoms with Gasteiger partial charge in [0, 0.05) is 17.3 Å². The number of aromatic nitrogens is 1. The van der Waals surface area contributed by atoms with E-state index in [4.69, 9.17) is 4.74 Å². The SMILES string of the molecule is Cc1nc(C2COCCN2C(=O)c2ccsc2)cs1. The highest BCUT2D eigenvalue weighted by Crippen LogP contribution is 2.27. The molecule has 0 N–H and O–H groups in total. The first-order chi connectivity index (χ1) is 9.25. The molecule has 1 atom stereocenters. The van der Waals surface area contributed by atoms with Crippen LogP contribution in [0.5, 0.6) is 0 Å². The van der Waals surface area contributed by atoms with Gasteiger partial charge in [-0.15, -0.1) is 11.3 Å². The van der Waals surface area contributed by atoms with E-state index in [0.29, 0.717) is 19.8 Å². The molecule has 1 saturated heterocycles. The van der Waals surface area contributed by atoms with Gasteiger partial charge in [-0.2, -0.15) is 11.3 Å². The first-order valence-corrected chi connectivity index (χ1v) is 7.91. The molecule has 3 rings (SSSR count). The van der Waals surface area contributed by atoms with Crippen molar-refractivity contribution in [2.75, 3.05) is 19.8 Å². The van der Waals surface area contributed by atoms with Crippen LogP contribution in [0.15, 0.2) is 22.2 Å². The van der Waals surface area contributed by atoms with Crippen LogP contribution in [0.2, 0.25) is 0 Å². The summed E-state index contributed by atoms with van der Waals surface area (Å²) in [6, 6.07) is 1.80. The van der Waals surface area contributed by atoms with Crippen molar-refractivity contribution in [1.29, 1.82) is 0 Å². The Labute approximate surface area is 119 Å². The number of thiophene rings is 1. The molecule has 1 aliphatic heterocycles. The average Bonchev–Trinajstić information content (AvgIpc) is 3.09. The van der Waals surface area contributed by atoms with Gasteiger partial charge in [-0.3, -0.25) is 4.79 Å². The molecule has 0 saturated carbocycles. The van der Waals surface area contributed by atoms with Crippen LogP contribution in [0.25, 0.3) is 0 Å². The molecule has 1 fully saturated rings. The molecule has 0 aromatic carbocycles. The van der Waals surface area contributed by atoms with Crippen molar-refractivity contribution < 1.29 is 9.53 Å². The predicted octanol–water partition coefficient (Wildman–Crippen LogP) is 2.73. The molecule has 2 aromatic heterocycles. The van der Waals surface area contributed by atoms with E-state index < -0.39 is 0 Å². The van der Waals surface area contributed by atoms with E-state index >= 15 is 0 Å². The standard InChI is InChI=1S/C13H14N2O2S2/c1-9-14-11(8-19-9)12-6-17-4-3-15(12)13(16)10-2-5-18-7-10/h2,5,7-8,12H,3-4,6H2,1H3. The Kier molecular flexibility index (Phi) is 3.63. The maximum absolute atomic E-state index is 12.5. The fourth-order valence-electron chi connectivity index (χ4n) is 2.18. The van der Waals surface area contributed by atoms with E-state index in [1.54, 1.807) is 22.7 Å². The van der Waals surface area contributed by atoms with Gasteiger partial charge in [0.1, 0.15) is 0 Å². The zero-order chi connectivity index (χ0) is 13.2. The van der Waals surface area contributed by atoms with E-state index in [1.807, 2.05) is 34.0 Å². The third-order valence-electron chi connectivity index (χ3n) is 3.14. The molecule has 1 aliphatic rings. The molecule has 0 radical (unpaired) electrons. The van der Waals surface area contributed by atoms with Gasteiger partial charge in [-0.1, -0.05) is 0 Å². The molecule has 6 heteroatoms. The van der Waals surface area contributed by atoms with Gasteiger partial charge >= 0.3 is 0 Å². The lowest BCUT2D eigenvalue weighted by Crippen LogP contribution is -2.43. The Morgan fingerprint density at radius 1 is 1.53 bits per heavy atom. The molecule has 2 aromatic rings. The van der Waals surface area contributed by atoms with Crippen molar-refractivity contribution in [1.82, 2.24) is 9.88 Å². The number of hydrogen-bond acceptors (Lipinski definition) is 5. The molecular weight excluding hydrogens is 280 g/mol. The zero-order valence-corrected chi connectivity index (χ0v) is 12.2. The minimum Gasteiger partial charge on any atom is -0.377 e. The van der Waals surface area contributed by atoms with E-state index in [0.717, 1.165) is 16.3 Å². The molecule has 4 nitrogen and oxygen atoms in total. The molecule has 100 valence electrons. The van der Waals surface area contributed by atoms with Crippen LogP contribution in [0.4, 0.5) is 0 Å². The lowest BCUT2D eigenvalue weighted by atomic mass is 10.1. The fraction of sp³-hybridized carbons (Fsp3) is 0.385. The quantitative estimate of drug-likeness (QED) is 0.855. The minimum absolute atomic E-state index is 0.0638. The number of morpholine rings is 1. The molecular formula is C13H14N2O2S2. The second-order valence-electron chi connectivity index (χ2n) is 4.39. The van der Waals surface area contributed by atoms with Crippen molar-refractivity contribution in [2.45, 2.75) is 13.0 Å². The number of rotatable bonds is 2. The zero-order valence-electron chi connectivity index (χ0n) is 10.5. The molecule has 0 bridgehead atoms. The largest absolute Gasteiger partial charge is 0.377 e. The lowest BCUT2D eigenvalue weighted by molar-refractivity contribution is -0.00373. The molecule has 0 aliphatic carbocycles. The van der Waals surface area contributed by atoms with Crippen molar-refractivity contribution in [3.8, 4) is 0 Å². The predicted molar refractivity (Wildman–Crippen MR) is 75.8 cm³/mol. The van der Waals surface area contributed by atoms with Gasteiger partial charge in [0.2, 0.25) is 0 Å². The third-order valence-corrected chi connectivity index (χ3v) is 4.61. The fourth-order valence-corrected chi connectivity index (χ4v) is 3.47. The maximum Gasteiger partial charge on any atom is 0.255 e. The van der Waals surface area contributed by atoms with Gasteiger partial charge in [0.15, 0.2) is 0 Å². The van der Waals surface area contributed by atoms with E-state index in [2.05, 4.69) is 4.98 Å². The highest BCUT2D eigenvalue weighted by atomic mass is 32.1. The second-order valence-corrected chi connectivity index (χ2v) is 6.23. The summed E-state index contributed by atoms with van der Waals surface area (Å²) in [5.41, 5.74) is 1.69. The Hall–Kier alpha value is -1.24. The van der Waals surface area contributed by atoms with Crippen LogP contribution in [0.1, 0.15) is 27.1 Å². The molecule has 1 unspecified atom stereocenters. The summed E-state index contributed by atoms with van der Waals surface area (Å²) in [5, 5.41) is 6.85. The van der Waals surface area contributed by atoms with Crippen molar-refractivity contribution >= 4 is 28.6 Å². The summed E-state index contributed by atoms with van der Waals surface area (Å²) < 4.78 is 5.52. The topological polar surface area (TPSA) is 42.4 Å². The Balaban J connectivity index is 1.87. The molecule has 0 spiro atoms. The van der Waals surface area contributed by atoms with Gasteiger partial charge in [-0.05, 0) is 18.4 Å². The highest BCUT2D eigenvalue weighted by molar-refractivity contribution is 7.09. The number of hydrogen-bond donors (Lipinski definition) is 0. The second kappa shape index (κ2) is 5.40. The van der Waals surface area contributed by atoms with Crippen LogP contribution >= 0.6 is 22.7 Å². The monoisotopic (exact) mass is 294 g/mol. The maximum atomic E-state index is 12.5. The normalized spacial score (nSPS) is 19.6. The smallest absolute Gasteiger partial charge is 0.255 e. The summed E-state index contributed by atoms with van der Waals surface area (Å²) in [6.07, 6.45) is 0. The summed E-state index contributed by atoms with van der Waals surface area (Å²) in [4.78, 5) is 18.9. The van der Waals surface area contributed by atoms with Crippen molar-refractivity contribution in [3.63, 3.8) is 0 Å². The first-order valence-electron chi connectivity index (χ1n) is 6.08. The van der Waals surface area contributed by atoms with Crippen LogP contribution < -0.4 is 0 Å². The summed E-state index contributed by atoms with van der Waals surface area (Å²) in [6.45, 7) is 3.72. The number of amides is 1. The summed E-state index contributed by atoms with van der Waals surface area (Å²) >= 11 is 3.15. The molecule has 19 heavy (non-hydrogen) atoms. The van der Waals surface area contributed by atoms with E-state index in [1.165, 1.54) is 0 Å². The minimum atomic E-state index is -0.0638. The summed E-state index contributed by atoms with van der Waals surface area (Å²) in [7, 11) is 0. The van der Waals surface area contributed by atoms with E-state index in [-0.39, 0.29) is 11.9 Å². The lowest BCUT2D eigenvalue weighted by Gasteiger charge is -2.34. The highest BCUT2D eigenvalue weighted by Gasteiger charge is 2.30. The first kappa shape index (κ1) is 12.8. The Morgan fingerprint density at radius 2 is 2.42 bits per heavy atom. The van der Waals surface area contributed by atoms with Gasteiger partial charge in [-0.25, -0.2) is 4.98 Å². The van der Waals surface area contributed by atoms with Crippen molar-refractivity contribution in [2.24, 2.45) is 0 Å². The number of ether oxygens (including phenoxy) is 1. The number of nitrogens with zero attached hydrogens (tertiary/aromatic N) is 2. The van der Waals surface area contributed by atoms with Gasteiger partial charge in [0.05, 0.1) is 35.5 Å². The summed E-state index contributed by atoms with van der Waals surface area (Å²) in [5.74, 6) is 0.0696. The van der Waals surface area contributed by atoms with Crippen LogP contribution in [-0.4, -0.2) is 35.5 Å². The van der Waals surface area contributed by atoms with Gasteiger partial charge in [0.25, 0.3) is 5.91 Å². The van der Waals surface area contributed by atoms with Crippen LogP contribution in [0, 0.1) is 6.92 Å². The Bertz CT molecular complexity index is 565. The molecule has 1 amide bonds. The van der Waals surface area contributed by atoms with Crippen LogP contribution in [0.3, 0.4) is 0 Å². The van der Waals surface area contributed by atoms with Gasteiger partial charge < -0.3 is 9.64 Å². The number of thiazole rings is 1. The van der Waals surface area contributed by atoms with Crippen molar-refractivity contribution in [3.05, 3.63) is 38.5 Å². The average molecular weight is 294 g/mol. The Morgan fingerprint density at radius 3 is 3.11 bits per heavy atom. The van der Waals surface area contributed by atoms with Crippen LogP contribution in [-0.2, 0) is 4.74 Å². The third kappa shape index (κ3) is 2.56. The number of carbonyl (C=O) groups excluding carboxylic acids is 1. The van der Waals surface area contributed by atoms with E-state index in [9.17, 15) is 4.79 Å².